The van der Waals surface area contributed by atoms with Crippen LogP contribution in [0.3, 0.4) is 0 Å². The zero-order valence-corrected chi connectivity index (χ0v) is 13.8. The van der Waals surface area contributed by atoms with Gasteiger partial charge in [-0.15, -0.1) is 11.3 Å². The Balaban J connectivity index is 1.30. The molecule has 7 heteroatoms. The first-order chi connectivity index (χ1) is 11.8. The van der Waals surface area contributed by atoms with Crippen molar-refractivity contribution in [3.8, 4) is 23.0 Å². The molecule has 0 bridgehead atoms. The number of amides is 1. The second-order valence-electron chi connectivity index (χ2n) is 5.50. The second-order valence-corrected chi connectivity index (χ2v) is 6.38. The smallest absolute Gasteiger partial charge is 0.265 e. The summed E-state index contributed by atoms with van der Waals surface area (Å²) in [6.07, 6.45) is 0.599. The van der Waals surface area contributed by atoms with Crippen LogP contribution < -0.4 is 24.3 Å². The van der Waals surface area contributed by atoms with Gasteiger partial charge in [0.25, 0.3) is 5.91 Å². The largest absolute Gasteiger partial charge is 0.486 e. The Morgan fingerprint density at radius 2 is 1.96 bits per heavy atom. The fraction of sp³-hybridized carbons (Fsp3) is 0.353. The Bertz CT molecular complexity index is 744. The fourth-order valence-corrected chi connectivity index (χ4v) is 3.50. The van der Waals surface area contributed by atoms with E-state index in [1.807, 2.05) is 24.3 Å². The number of hydrogen-bond donors (Lipinski definition) is 1. The molecule has 0 saturated carbocycles. The number of fused-ring (bicyclic) bond motifs is 2. The fourth-order valence-electron chi connectivity index (χ4n) is 2.65. The normalized spacial score (nSPS) is 18.1. The van der Waals surface area contributed by atoms with Crippen molar-refractivity contribution >= 4 is 17.2 Å². The Kier molecular flexibility index (Phi) is 4.17. The van der Waals surface area contributed by atoms with E-state index in [0.717, 1.165) is 11.5 Å². The van der Waals surface area contributed by atoms with Crippen molar-refractivity contribution in [3.63, 3.8) is 0 Å². The molecule has 1 amide bonds. The molecule has 0 radical (unpaired) electrons. The zero-order chi connectivity index (χ0) is 16.4. The van der Waals surface area contributed by atoms with E-state index in [4.69, 9.17) is 18.9 Å². The van der Waals surface area contributed by atoms with E-state index in [0.29, 0.717) is 49.2 Å². The first-order valence-electron chi connectivity index (χ1n) is 7.85. The van der Waals surface area contributed by atoms with Crippen molar-refractivity contribution in [3.05, 3.63) is 34.5 Å². The average molecular weight is 347 g/mol. The molecule has 6 nitrogen and oxygen atoms in total. The van der Waals surface area contributed by atoms with Crippen LogP contribution in [0.15, 0.2) is 29.6 Å². The standard InChI is InChI=1S/C17H17NO5S/c19-17(16-15-14(10-24-16)20-7-8-21-15)18-6-5-11-9-22-12-3-1-2-4-13(12)23-11/h1-4,10-11H,5-9H2,(H,18,19)/t11-/m1/s1. The van der Waals surface area contributed by atoms with Crippen molar-refractivity contribution in [1.82, 2.24) is 5.32 Å². The van der Waals surface area contributed by atoms with Crippen LogP contribution in [0.1, 0.15) is 16.1 Å². The van der Waals surface area contributed by atoms with Gasteiger partial charge in [-0.1, -0.05) is 12.1 Å². The monoisotopic (exact) mass is 347 g/mol. The minimum Gasteiger partial charge on any atom is -0.486 e. The summed E-state index contributed by atoms with van der Waals surface area (Å²) in [5.74, 6) is 2.56. The van der Waals surface area contributed by atoms with Gasteiger partial charge in [0.2, 0.25) is 0 Å². The summed E-state index contributed by atoms with van der Waals surface area (Å²) < 4.78 is 22.5. The van der Waals surface area contributed by atoms with Gasteiger partial charge in [0.05, 0.1) is 0 Å². The zero-order valence-electron chi connectivity index (χ0n) is 12.9. The molecule has 2 aliphatic heterocycles. The van der Waals surface area contributed by atoms with Crippen LogP contribution in [0.5, 0.6) is 23.0 Å². The average Bonchev–Trinajstić information content (AvgIpc) is 3.06. The molecule has 1 atom stereocenters. The van der Waals surface area contributed by atoms with Crippen molar-refractivity contribution in [2.24, 2.45) is 0 Å². The van der Waals surface area contributed by atoms with E-state index in [1.54, 1.807) is 5.38 Å². The maximum atomic E-state index is 12.3. The molecular weight excluding hydrogens is 330 g/mol. The number of nitrogens with one attached hydrogen (secondary N) is 1. The lowest BCUT2D eigenvalue weighted by atomic mass is 10.2. The first-order valence-corrected chi connectivity index (χ1v) is 8.73. The molecule has 0 spiro atoms. The quantitative estimate of drug-likeness (QED) is 0.920. The molecule has 0 fully saturated rings. The van der Waals surface area contributed by atoms with Gasteiger partial charge in [0, 0.05) is 18.3 Å². The van der Waals surface area contributed by atoms with Crippen molar-refractivity contribution in [1.29, 1.82) is 0 Å². The van der Waals surface area contributed by atoms with Gasteiger partial charge in [-0.3, -0.25) is 4.79 Å². The van der Waals surface area contributed by atoms with Crippen LogP contribution in [-0.4, -0.2) is 38.4 Å². The number of hydrogen-bond acceptors (Lipinski definition) is 6. The van der Waals surface area contributed by atoms with Gasteiger partial charge in [0.15, 0.2) is 23.0 Å². The molecule has 24 heavy (non-hydrogen) atoms. The van der Waals surface area contributed by atoms with Gasteiger partial charge in [-0.05, 0) is 12.1 Å². The molecule has 0 unspecified atom stereocenters. The summed E-state index contributed by atoms with van der Waals surface area (Å²) in [6, 6.07) is 7.59. The number of para-hydroxylation sites is 2. The highest BCUT2D eigenvalue weighted by Crippen LogP contribution is 2.39. The van der Waals surface area contributed by atoms with Gasteiger partial charge in [0.1, 0.15) is 30.8 Å². The molecule has 1 aromatic carbocycles. The number of carbonyl (C=O) groups is 1. The Labute approximate surface area is 143 Å². The molecule has 4 rings (SSSR count). The van der Waals surface area contributed by atoms with E-state index >= 15 is 0 Å². The third-order valence-corrected chi connectivity index (χ3v) is 4.77. The summed E-state index contributed by atoms with van der Waals surface area (Å²) >= 11 is 1.33. The number of rotatable bonds is 4. The van der Waals surface area contributed by atoms with Crippen LogP contribution in [0, 0.1) is 0 Å². The highest BCUT2D eigenvalue weighted by Gasteiger charge is 2.24. The van der Waals surface area contributed by atoms with Gasteiger partial charge >= 0.3 is 0 Å². The van der Waals surface area contributed by atoms with Crippen molar-refractivity contribution in [2.45, 2.75) is 12.5 Å². The van der Waals surface area contributed by atoms with Gasteiger partial charge < -0.3 is 24.3 Å². The van der Waals surface area contributed by atoms with Crippen molar-refractivity contribution < 1.29 is 23.7 Å². The highest BCUT2D eigenvalue weighted by atomic mass is 32.1. The molecule has 3 heterocycles. The number of benzene rings is 1. The summed E-state index contributed by atoms with van der Waals surface area (Å²) in [7, 11) is 0. The Morgan fingerprint density at radius 1 is 1.12 bits per heavy atom. The lowest BCUT2D eigenvalue weighted by Crippen LogP contribution is -2.34. The Hall–Kier alpha value is -2.41. The van der Waals surface area contributed by atoms with Gasteiger partial charge in [-0.2, -0.15) is 0 Å². The van der Waals surface area contributed by atoms with E-state index in [-0.39, 0.29) is 12.0 Å². The molecule has 2 aromatic rings. The number of carbonyl (C=O) groups excluding carboxylic acids is 1. The van der Waals surface area contributed by atoms with Crippen molar-refractivity contribution in [2.75, 3.05) is 26.4 Å². The van der Waals surface area contributed by atoms with E-state index < -0.39 is 0 Å². The van der Waals surface area contributed by atoms with E-state index in [1.165, 1.54) is 11.3 Å². The van der Waals surface area contributed by atoms with Crippen LogP contribution in [-0.2, 0) is 0 Å². The minimum atomic E-state index is -0.149. The van der Waals surface area contributed by atoms with Crippen LogP contribution >= 0.6 is 11.3 Å². The molecule has 0 saturated heterocycles. The predicted molar refractivity (Wildman–Crippen MR) is 88.6 cm³/mol. The molecule has 1 aromatic heterocycles. The lowest BCUT2D eigenvalue weighted by molar-refractivity contribution is 0.0811. The maximum absolute atomic E-state index is 12.3. The Morgan fingerprint density at radius 3 is 2.88 bits per heavy atom. The molecule has 0 aliphatic carbocycles. The molecular formula is C17H17NO5S. The maximum Gasteiger partial charge on any atom is 0.265 e. The predicted octanol–water partition coefficient (Wildman–Crippen LogP) is 2.48. The SMILES string of the molecule is O=C(NCC[C@@H]1COc2ccccc2O1)c1scc2c1OCCO2. The summed E-state index contributed by atoms with van der Waals surface area (Å²) in [5.41, 5.74) is 0. The summed E-state index contributed by atoms with van der Waals surface area (Å²) in [6.45, 7) is 1.97. The third-order valence-electron chi connectivity index (χ3n) is 3.83. The minimum absolute atomic E-state index is 0.0722. The molecule has 2 aliphatic rings. The van der Waals surface area contributed by atoms with Crippen LogP contribution in [0.4, 0.5) is 0 Å². The third kappa shape index (κ3) is 2.99. The summed E-state index contributed by atoms with van der Waals surface area (Å²) in [4.78, 5) is 12.9. The molecule has 1 N–H and O–H groups in total. The van der Waals surface area contributed by atoms with E-state index in [2.05, 4.69) is 5.32 Å². The highest BCUT2D eigenvalue weighted by molar-refractivity contribution is 7.12. The number of ether oxygens (including phenoxy) is 4. The van der Waals surface area contributed by atoms with Gasteiger partial charge in [-0.25, -0.2) is 0 Å². The topological polar surface area (TPSA) is 66.0 Å². The first kappa shape index (κ1) is 15.1. The van der Waals surface area contributed by atoms with Crippen LogP contribution in [0.25, 0.3) is 0 Å². The van der Waals surface area contributed by atoms with E-state index in [9.17, 15) is 4.79 Å². The summed E-state index contributed by atoms with van der Waals surface area (Å²) in [5, 5.41) is 4.71. The lowest BCUT2D eigenvalue weighted by Gasteiger charge is -2.26. The molecule has 126 valence electrons. The van der Waals surface area contributed by atoms with Crippen LogP contribution in [0.2, 0.25) is 0 Å². The second kappa shape index (κ2) is 6.60. The number of thiophene rings is 1.